The second kappa shape index (κ2) is 6.19. The van der Waals surface area contributed by atoms with Crippen LogP contribution < -0.4 is 0 Å². The van der Waals surface area contributed by atoms with Crippen LogP contribution in [0.2, 0.25) is 0 Å². The van der Waals surface area contributed by atoms with Gasteiger partial charge < -0.3 is 4.74 Å². The molecular formula is C17H18O2. The van der Waals surface area contributed by atoms with Gasteiger partial charge in [-0.25, -0.2) is 4.79 Å². The summed E-state index contributed by atoms with van der Waals surface area (Å²) >= 11 is 0. The average molecular weight is 254 g/mol. The minimum absolute atomic E-state index is 0.260. The minimum Gasteiger partial charge on any atom is -0.462 e. The molecule has 0 bridgehead atoms. The van der Waals surface area contributed by atoms with Crippen LogP contribution in [0.5, 0.6) is 0 Å². The van der Waals surface area contributed by atoms with Crippen LogP contribution in [0.25, 0.3) is 16.8 Å². The van der Waals surface area contributed by atoms with Gasteiger partial charge in [0.25, 0.3) is 0 Å². The lowest BCUT2D eigenvalue weighted by atomic mass is 10.0. The van der Waals surface area contributed by atoms with Crippen molar-refractivity contribution in [2.24, 2.45) is 0 Å². The number of carbonyl (C=O) groups is 1. The number of esters is 1. The molecule has 19 heavy (non-hydrogen) atoms. The third-order valence-electron chi connectivity index (χ3n) is 2.95. The lowest BCUT2D eigenvalue weighted by molar-refractivity contribution is 0.0526. The summed E-state index contributed by atoms with van der Waals surface area (Å²) in [4.78, 5) is 12.0. The smallest absolute Gasteiger partial charge is 0.338 e. The van der Waals surface area contributed by atoms with Gasteiger partial charge in [-0.3, -0.25) is 0 Å². The highest BCUT2D eigenvalue weighted by molar-refractivity contribution is 5.99. The van der Waals surface area contributed by atoms with Crippen molar-refractivity contribution in [2.45, 2.75) is 20.3 Å². The SMILES string of the molecule is CC/C=C/c1cc2ccccc2cc1C(=O)OCC. The molecule has 0 unspecified atom stereocenters. The van der Waals surface area contributed by atoms with Gasteiger partial charge in [0, 0.05) is 0 Å². The normalized spacial score (nSPS) is 11.1. The Morgan fingerprint density at radius 1 is 1.16 bits per heavy atom. The maximum Gasteiger partial charge on any atom is 0.338 e. The van der Waals surface area contributed by atoms with Crippen molar-refractivity contribution < 1.29 is 9.53 Å². The molecule has 0 heterocycles. The molecule has 0 spiro atoms. The fourth-order valence-electron chi connectivity index (χ4n) is 2.03. The first-order valence-electron chi connectivity index (χ1n) is 6.62. The molecule has 2 heteroatoms. The monoisotopic (exact) mass is 254 g/mol. The lowest BCUT2D eigenvalue weighted by Gasteiger charge is -2.08. The summed E-state index contributed by atoms with van der Waals surface area (Å²) < 4.78 is 5.12. The van der Waals surface area contributed by atoms with Crippen LogP contribution in [0, 0.1) is 0 Å². The zero-order valence-electron chi connectivity index (χ0n) is 11.3. The van der Waals surface area contributed by atoms with Crippen LogP contribution in [-0.2, 0) is 4.74 Å². The molecule has 2 aromatic carbocycles. The van der Waals surface area contributed by atoms with Crippen LogP contribution in [0.1, 0.15) is 36.2 Å². The summed E-state index contributed by atoms with van der Waals surface area (Å²) in [5.74, 6) is -0.260. The van der Waals surface area contributed by atoms with Crippen molar-refractivity contribution in [3.8, 4) is 0 Å². The number of allylic oxidation sites excluding steroid dienone is 1. The van der Waals surface area contributed by atoms with Crippen LogP contribution in [0.3, 0.4) is 0 Å². The van der Waals surface area contributed by atoms with Crippen molar-refractivity contribution in [2.75, 3.05) is 6.61 Å². The predicted octanol–water partition coefficient (Wildman–Crippen LogP) is 4.44. The maximum atomic E-state index is 12.0. The zero-order chi connectivity index (χ0) is 13.7. The van der Waals surface area contributed by atoms with Gasteiger partial charge >= 0.3 is 5.97 Å². The van der Waals surface area contributed by atoms with Gasteiger partial charge in [0.05, 0.1) is 12.2 Å². The zero-order valence-corrected chi connectivity index (χ0v) is 11.3. The molecule has 2 rings (SSSR count). The predicted molar refractivity (Wildman–Crippen MR) is 79.2 cm³/mol. The first-order valence-corrected chi connectivity index (χ1v) is 6.62. The minimum atomic E-state index is -0.260. The van der Waals surface area contributed by atoms with Crippen LogP contribution in [-0.4, -0.2) is 12.6 Å². The Balaban J connectivity index is 2.56. The lowest BCUT2D eigenvalue weighted by Crippen LogP contribution is -2.06. The van der Waals surface area contributed by atoms with Gasteiger partial charge in [-0.1, -0.05) is 43.3 Å². The first kappa shape index (κ1) is 13.3. The van der Waals surface area contributed by atoms with Gasteiger partial charge in [0.2, 0.25) is 0 Å². The van der Waals surface area contributed by atoms with Gasteiger partial charge in [-0.2, -0.15) is 0 Å². The summed E-state index contributed by atoms with van der Waals surface area (Å²) in [7, 11) is 0. The highest BCUT2D eigenvalue weighted by Gasteiger charge is 2.12. The molecule has 0 aliphatic heterocycles. The molecule has 0 fully saturated rings. The highest BCUT2D eigenvalue weighted by Crippen LogP contribution is 2.22. The molecule has 0 aromatic heterocycles. The maximum absolute atomic E-state index is 12.0. The van der Waals surface area contributed by atoms with E-state index in [1.54, 1.807) is 0 Å². The summed E-state index contributed by atoms with van der Waals surface area (Å²) in [5.41, 5.74) is 1.55. The Morgan fingerprint density at radius 3 is 2.47 bits per heavy atom. The molecule has 98 valence electrons. The van der Waals surface area contributed by atoms with Gasteiger partial charge in [-0.05, 0) is 41.8 Å². The third-order valence-corrected chi connectivity index (χ3v) is 2.95. The Hall–Kier alpha value is -2.09. The second-order valence-corrected chi connectivity index (χ2v) is 4.32. The molecule has 2 nitrogen and oxygen atoms in total. The van der Waals surface area contributed by atoms with Gasteiger partial charge in [0.15, 0.2) is 0 Å². The molecule has 0 amide bonds. The number of benzene rings is 2. The Bertz CT molecular complexity index is 612. The molecule has 0 aliphatic carbocycles. The summed E-state index contributed by atoms with van der Waals surface area (Å²) in [6.07, 6.45) is 4.97. The molecule has 2 aromatic rings. The fourth-order valence-corrected chi connectivity index (χ4v) is 2.03. The quantitative estimate of drug-likeness (QED) is 0.754. The molecule has 0 atom stereocenters. The molecule has 0 saturated heterocycles. The van der Waals surface area contributed by atoms with Crippen LogP contribution in [0.15, 0.2) is 42.5 Å². The summed E-state index contributed by atoms with van der Waals surface area (Å²) in [6, 6.07) is 12.0. The van der Waals surface area contributed by atoms with E-state index in [0.717, 1.165) is 22.8 Å². The van der Waals surface area contributed by atoms with Crippen molar-refractivity contribution >= 4 is 22.8 Å². The van der Waals surface area contributed by atoms with E-state index < -0.39 is 0 Å². The van der Waals surface area contributed by atoms with E-state index in [0.29, 0.717) is 12.2 Å². The number of fused-ring (bicyclic) bond motifs is 1. The highest BCUT2D eigenvalue weighted by atomic mass is 16.5. The second-order valence-electron chi connectivity index (χ2n) is 4.32. The summed E-state index contributed by atoms with van der Waals surface area (Å²) in [6.45, 7) is 4.28. The Labute approximate surface area is 113 Å². The van der Waals surface area contributed by atoms with E-state index >= 15 is 0 Å². The third kappa shape index (κ3) is 3.02. The molecule has 0 aliphatic rings. The standard InChI is InChI=1S/C17H18O2/c1-3-5-8-15-11-13-9-6-7-10-14(13)12-16(15)17(18)19-4-2/h5-12H,3-4H2,1-2H3/b8-5+. The van der Waals surface area contributed by atoms with Crippen LogP contribution >= 0.6 is 0 Å². The number of carbonyl (C=O) groups excluding carboxylic acids is 1. The van der Waals surface area contributed by atoms with Crippen molar-refractivity contribution in [3.63, 3.8) is 0 Å². The van der Waals surface area contributed by atoms with E-state index in [9.17, 15) is 4.79 Å². The average Bonchev–Trinajstić information content (AvgIpc) is 2.44. The van der Waals surface area contributed by atoms with E-state index in [2.05, 4.69) is 6.92 Å². The largest absolute Gasteiger partial charge is 0.462 e. The van der Waals surface area contributed by atoms with E-state index in [-0.39, 0.29) is 5.97 Å². The van der Waals surface area contributed by atoms with Gasteiger partial charge in [-0.15, -0.1) is 0 Å². The molecule has 0 N–H and O–H groups in total. The fraction of sp³-hybridized carbons (Fsp3) is 0.235. The molecule has 0 saturated carbocycles. The molecule has 0 radical (unpaired) electrons. The number of hydrogen-bond donors (Lipinski definition) is 0. The van der Waals surface area contributed by atoms with E-state index in [1.807, 2.05) is 55.5 Å². The Kier molecular flexibility index (Phi) is 4.35. The topological polar surface area (TPSA) is 26.3 Å². The number of ether oxygens (including phenoxy) is 1. The van der Waals surface area contributed by atoms with Crippen molar-refractivity contribution in [3.05, 3.63) is 53.6 Å². The van der Waals surface area contributed by atoms with Crippen LogP contribution in [0.4, 0.5) is 0 Å². The Morgan fingerprint density at radius 2 is 1.84 bits per heavy atom. The van der Waals surface area contributed by atoms with Crippen molar-refractivity contribution in [1.29, 1.82) is 0 Å². The molecular weight excluding hydrogens is 236 g/mol. The van der Waals surface area contributed by atoms with E-state index in [1.165, 1.54) is 0 Å². The number of rotatable bonds is 4. The first-order chi connectivity index (χ1) is 9.26. The van der Waals surface area contributed by atoms with E-state index in [4.69, 9.17) is 4.74 Å². The van der Waals surface area contributed by atoms with Crippen molar-refractivity contribution in [1.82, 2.24) is 0 Å². The van der Waals surface area contributed by atoms with Gasteiger partial charge in [0.1, 0.15) is 0 Å². The summed E-state index contributed by atoms with van der Waals surface area (Å²) in [5, 5.41) is 2.19. The number of hydrogen-bond acceptors (Lipinski definition) is 2.